The molecule has 2 N–H and O–H groups in total. The summed E-state index contributed by atoms with van der Waals surface area (Å²) >= 11 is 0. The lowest BCUT2D eigenvalue weighted by atomic mass is 9.47. The molecule has 3 fully saturated rings. The minimum atomic E-state index is 0.203. The van der Waals surface area contributed by atoms with E-state index in [-0.39, 0.29) is 6.61 Å². The lowest BCUT2D eigenvalue weighted by Gasteiger charge is -2.58. The first-order valence-corrected chi connectivity index (χ1v) is 13.8. The number of hydrogen-bond acceptors (Lipinski definition) is 1. The predicted octanol–water partition coefficient (Wildman–Crippen LogP) is 6.92. The quantitative estimate of drug-likeness (QED) is 0.328. The number of aliphatic hydroxyl groups excluding tert-OH is 1. The number of aliphatic hydroxyl groups is 3. The maximum atomic E-state index is 9.17. The summed E-state index contributed by atoms with van der Waals surface area (Å²) in [6.07, 6.45) is 18.4. The third-order valence-corrected chi connectivity index (χ3v) is 10.8. The van der Waals surface area contributed by atoms with Crippen LogP contribution in [0.1, 0.15) is 105 Å². The molecule has 0 bridgehead atoms. The van der Waals surface area contributed by atoms with Crippen LogP contribution in [0.4, 0.5) is 0 Å². The molecule has 2 heteroatoms. The Morgan fingerprint density at radius 1 is 1.03 bits per heavy atom. The Kier molecular flexibility index (Phi) is 7.29. The highest BCUT2D eigenvalue weighted by Crippen LogP contribution is 2.67. The fourth-order valence-corrected chi connectivity index (χ4v) is 9.06. The fourth-order valence-electron chi connectivity index (χ4n) is 9.06. The van der Waals surface area contributed by atoms with Crippen LogP contribution in [-0.2, 0) is 0 Å². The van der Waals surface area contributed by atoms with E-state index in [1.807, 2.05) is 0 Å². The van der Waals surface area contributed by atoms with E-state index >= 15 is 0 Å². The van der Waals surface area contributed by atoms with E-state index in [0.717, 1.165) is 41.9 Å². The highest BCUT2D eigenvalue weighted by molar-refractivity contribution is 5.25. The number of allylic oxidation sites excluding steroid dienone is 1. The van der Waals surface area contributed by atoms with Crippen LogP contribution in [0.2, 0.25) is 0 Å². The van der Waals surface area contributed by atoms with Gasteiger partial charge >= 0.3 is 0 Å². The molecule has 0 heterocycles. The second-order valence-electron chi connectivity index (χ2n) is 12.8. The Bertz CT molecular complexity index is 639. The van der Waals surface area contributed by atoms with Gasteiger partial charge < -0.3 is 9.84 Å². The van der Waals surface area contributed by atoms with Crippen LogP contribution < -0.4 is 0 Å². The molecule has 178 valence electrons. The molecule has 0 aromatic rings. The van der Waals surface area contributed by atoms with E-state index in [1.165, 1.54) is 64.2 Å². The Morgan fingerprint density at radius 3 is 2.58 bits per heavy atom. The van der Waals surface area contributed by atoms with Gasteiger partial charge in [0, 0.05) is 12.8 Å². The normalized spacial score (nSPS) is 43.2. The zero-order valence-electron chi connectivity index (χ0n) is 21.2. The molecule has 0 aromatic carbocycles. The summed E-state index contributed by atoms with van der Waals surface area (Å²) in [5.74, 6) is 5.49. The molecule has 8 atom stereocenters. The van der Waals surface area contributed by atoms with Crippen molar-refractivity contribution in [1.82, 2.24) is 0 Å². The summed E-state index contributed by atoms with van der Waals surface area (Å²) in [7, 11) is 0. The van der Waals surface area contributed by atoms with Gasteiger partial charge in [-0.15, -0.1) is 0 Å². The maximum Gasteiger partial charge on any atom is 0.168 e. The van der Waals surface area contributed by atoms with Crippen molar-refractivity contribution in [2.24, 2.45) is 46.3 Å². The van der Waals surface area contributed by atoms with Crippen LogP contribution in [0.15, 0.2) is 11.6 Å². The van der Waals surface area contributed by atoms with Gasteiger partial charge in [0.05, 0.1) is 0 Å². The Labute approximate surface area is 192 Å². The second-order valence-corrected chi connectivity index (χ2v) is 12.8. The minimum absolute atomic E-state index is 0.203. The van der Waals surface area contributed by atoms with Gasteiger partial charge in [-0.1, -0.05) is 65.5 Å². The summed E-state index contributed by atoms with van der Waals surface area (Å²) in [5, 5.41) is 9.17. The van der Waals surface area contributed by atoms with Crippen molar-refractivity contribution in [2.45, 2.75) is 111 Å². The Morgan fingerprint density at radius 2 is 1.84 bits per heavy atom. The van der Waals surface area contributed by atoms with Gasteiger partial charge in [-0.05, 0) is 84.9 Å². The monoisotopic (exact) mass is 431 g/mol. The van der Waals surface area contributed by atoms with E-state index in [1.54, 1.807) is 5.57 Å². The number of hydrogen-bond donors (Lipinski definition) is 1. The van der Waals surface area contributed by atoms with E-state index < -0.39 is 0 Å². The number of ether oxygens (including phenoxy) is 1. The molecule has 2 nitrogen and oxygen atoms in total. The van der Waals surface area contributed by atoms with Crippen LogP contribution >= 0.6 is 0 Å². The van der Waals surface area contributed by atoms with Crippen molar-refractivity contribution in [3.63, 3.8) is 0 Å². The van der Waals surface area contributed by atoms with Crippen LogP contribution in [0.25, 0.3) is 0 Å². The molecule has 0 aromatic heterocycles. The van der Waals surface area contributed by atoms with Crippen molar-refractivity contribution < 1.29 is 9.84 Å². The van der Waals surface area contributed by atoms with Gasteiger partial charge in [-0.3, -0.25) is 0 Å². The van der Waals surface area contributed by atoms with E-state index in [0.29, 0.717) is 23.5 Å². The lowest BCUT2D eigenvalue weighted by Crippen LogP contribution is -2.51. The summed E-state index contributed by atoms with van der Waals surface area (Å²) < 4.78 is 4.77. The predicted molar refractivity (Wildman–Crippen MR) is 131 cm³/mol. The van der Waals surface area contributed by atoms with Gasteiger partial charge in [-0.2, -0.15) is 0 Å². The summed E-state index contributed by atoms with van der Waals surface area (Å²) in [4.78, 5) is 0. The molecular weight excluding hydrogens is 380 g/mol. The zero-order valence-corrected chi connectivity index (χ0v) is 21.2. The third-order valence-electron chi connectivity index (χ3n) is 10.8. The first-order chi connectivity index (χ1) is 14.8. The molecule has 4 unspecified atom stereocenters. The molecule has 4 aliphatic rings. The molecule has 0 spiro atoms. The first kappa shape index (κ1) is 23.8. The average molecular weight is 432 g/mol. The SMILES string of the molecule is CC(C)CCC[C@@H](C)[C@H]1CCC2C3CC=C4CC([OH+]CCO)CC[C@]4(C)C3CC[C@@]21C. The van der Waals surface area contributed by atoms with Gasteiger partial charge in [0.1, 0.15) is 6.61 Å². The highest BCUT2D eigenvalue weighted by Gasteiger charge is 2.59. The summed E-state index contributed by atoms with van der Waals surface area (Å²) in [5.41, 5.74) is 2.75. The zero-order chi connectivity index (χ0) is 22.2. The minimum Gasteiger partial charge on any atom is -0.429 e. The fraction of sp³-hybridized carbons (Fsp3) is 0.931. The highest BCUT2D eigenvalue weighted by atomic mass is 16.5. The molecule has 0 saturated heterocycles. The summed E-state index contributed by atoms with van der Waals surface area (Å²) in [6.45, 7) is 13.5. The van der Waals surface area contributed by atoms with Gasteiger partial charge in [-0.25, -0.2) is 0 Å². The molecule has 4 aliphatic carbocycles. The summed E-state index contributed by atoms with van der Waals surface area (Å²) in [6, 6.07) is 0. The van der Waals surface area contributed by atoms with E-state index in [9.17, 15) is 0 Å². The molecule has 31 heavy (non-hydrogen) atoms. The van der Waals surface area contributed by atoms with E-state index in [4.69, 9.17) is 9.84 Å². The van der Waals surface area contributed by atoms with Gasteiger partial charge in [0.2, 0.25) is 0 Å². The maximum absolute atomic E-state index is 9.17. The number of fused-ring (bicyclic) bond motifs is 5. The largest absolute Gasteiger partial charge is 0.429 e. The molecule has 3 saturated carbocycles. The molecular formula is C29H51O2+. The Balaban J connectivity index is 1.45. The van der Waals surface area contributed by atoms with Crippen molar-refractivity contribution >= 4 is 0 Å². The van der Waals surface area contributed by atoms with Gasteiger partial charge in [0.25, 0.3) is 0 Å². The van der Waals surface area contributed by atoms with Crippen molar-refractivity contribution in [3.05, 3.63) is 11.6 Å². The molecule has 4 rings (SSSR count). The van der Waals surface area contributed by atoms with Crippen molar-refractivity contribution in [1.29, 1.82) is 0 Å². The van der Waals surface area contributed by atoms with Crippen LogP contribution in [0, 0.1) is 46.3 Å². The lowest BCUT2D eigenvalue weighted by molar-refractivity contribution is -0.138. The average Bonchev–Trinajstić information content (AvgIpc) is 3.09. The van der Waals surface area contributed by atoms with E-state index in [2.05, 4.69) is 40.7 Å². The van der Waals surface area contributed by atoms with Gasteiger partial charge in [0.15, 0.2) is 12.7 Å². The second kappa shape index (κ2) is 9.49. The van der Waals surface area contributed by atoms with Crippen LogP contribution in [0.5, 0.6) is 0 Å². The van der Waals surface area contributed by atoms with Crippen molar-refractivity contribution in [2.75, 3.05) is 13.2 Å². The Hall–Kier alpha value is -0.340. The van der Waals surface area contributed by atoms with Crippen LogP contribution in [-0.4, -0.2) is 29.2 Å². The first-order valence-electron chi connectivity index (χ1n) is 13.8. The van der Waals surface area contributed by atoms with Crippen molar-refractivity contribution in [3.8, 4) is 0 Å². The number of rotatable bonds is 8. The molecule has 0 amide bonds. The third kappa shape index (κ3) is 4.42. The smallest absolute Gasteiger partial charge is 0.168 e. The topological polar surface area (TPSA) is 33.0 Å². The standard InChI is InChI=1S/C29H50O2/c1-20(2)7-6-8-21(3)25-11-12-26-24-10-9-22-19-23(31-18-17-30)13-15-28(22,4)27(24)14-16-29(25,26)5/h9,20-21,23-27,30H,6-8,10-19H2,1-5H3/p+1/t21-,23?,24?,25-,26?,27?,28+,29-/m1/s1. The van der Waals surface area contributed by atoms with Crippen LogP contribution in [0.3, 0.4) is 0 Å². The molecule has 0 radical (unpaired) electrons. The molecule has 0 aliphatic heterocycles.